The highest BCUT2D eigenvalue weighted by Gasteiger charge is 2.22. The van der Waals surface area contributed by atoms with Crippen LogP contribution in [0, 0.1) is 5.92 Å². The zero-order valence-electron chi connectivity index (χ0n) is 7.42. The van der Waals surface area contributed by atoms with Gasteiger partial charge in [-0.3, -0.25) is 0 Å². The smallest absolute Gasteiger partial charge is 0.00951 e. The van der Waals surface area contributed by atoms with Crippen LogP contribution in [0.25, 0.3) is 0 Å². The highest BCUT2D eigenvalue weighted by molar-refractivity contribution is 7.99. The van der Waals surface area contributed by atoms with Gasteiger partial charge in [-0.05, 0) is 37.9 Å². The van der Waals surface area contributed by atoms with Crippen LogP contribution in [-0.2, 0) is 0 Å². The fourth-order valence-electron chi connectivity index (χ4n) is 1.47. The first-order valence-corrected chi connectivity index (χ1v) is 5.33. The lowest BCUT2D eigenvalue weighted by Crippen LogP contribution is -2.41. The third-order valence-corrected chi connectivity index (χ3v) is 3.32. The first kappa shape index (κ1) is 9.36. The van der Waals surface area contributed by atoms with E-state index in [1.54, 1.807) is 0 Å². The highest BCUT2D eigenvalue weighted by Crippen LogP contribution is 2.21. The van der Waals surface area contributed by atoms with Crippen molar-refractivity contribution in [1.82, 2.24) is 4.90 Å². The van der Waals surface area contributed by atoms with E-state index in [-0.39, 0.29) is 0 Å². The van der Waals surface area contributed by atoms with Crippen molar-refractivity contribution in [2.75, 3.05) is 32.1 Å². The van der Waals surface area contributed by atoms with Crippen LogP contribution in [-0.4, -0.2) is 43.1 Å². The van der Waals surface area contributed by atoms with Crippen LogP contribution in [0.2, 0.25) is 0 Å². The van der Waals surface area contributed by atoms with E-state index in [9.17, 15) is 0 Å². The van der Waals surface area contributed by atoms with Gasteiger partial charge in [-0.15, -0.1) is 0 Å². The topological polar surface area (TPSA) is 29.3 Å². The standard InChI is InChI=1S/C8H18N2S/c1-10(2)5-7-6-11-4-3-8(7)9/h7-8H,3-6,9H2,1-2H3. The van der Waals surface area contributed by atoms with Crippen molar-refractivity contribution in [2.24, 2.45) is 11.7 Å². The SMILES string of the molecule is CN(C)CC1CSCCC1N. The Kier molecular flexibility index (Phi) is 3.69. The van der Waals surface area contributed by atoms with Crippen molar-refractivity contribution in [1.29, 1.82) is 0 Å². The van der Waals surface area contributed by atoms with E-state index < -0.39 is 0 Å². The Balaban J connectivity index is 2.29. The Hall–Kier alpha value is 0.270. The normalized spacial score (nSPS) is 32.7. The molecule has 0 spiro atoms. The van der Waals surface area contributed by atoms with E-state index in [0.717, 1.165) is 6.54 Å². The Morgan fingerprint density at radius 1 is 1.55 bits per heavy atom. The first-order valence-electron chi connectivity index (χ1n) is 4.18. The molecule has 1 rings (SSSR count). The van der Waals surface area contributed by atoms with Gasteiger partial charge in [-0.2, -0.15) is 11.8 Å². The average Bonchev–Trinajstić information content (AvgIpc) is 1.93. The highest BCUT2D eigenvalue weighted by atomic mass is 32.2. The number of nitrogens with two attached hydrogens (primary N) is 1. The lowest BCUT2D eigenvalue weighted by molar-refractivity contribution is 0.302. The number of nitrogens with zero attached hydrogens (tertiary/aromatic N) is 1. The van der Waals surface area contributed by atoms with Crippen LogP contribution in [0.1, 0.15) is 6.42 Å². The minimum Gasteiger partial charge on any atom is -0.327 e. The zero-order valence-corrected chi connectivity index (χ0v) is 8.23. The predicted molar refractivity (Wildman–Crippen MR) is 52.0 cm³/mol. The van der Waals surface area contributed by atoms with E-state index in [1.165, 1.54) is 17.9 Å². The van der Waals surface area contributed by atoms with Gasteiger partial charge in [0.15, 0.2) is 0 Å². The van der Waals surface area contributed by atoms with Gasteiger partial charge in [0.05, 0.1) is 0 Å². The second-order valence-electron chi connectivity index (χ2n) is 3.55. The van der Waals surface area contributed by atoms with Crippen LogP contribution in [0.3, 0.4) is 0 Å². The molecule has 0 aliphatic carbocycles. The van der Waals surface area contributed by atoms with Crippen molar-refractivity contribution in [3.63, 3.8) is 0 Å². The van der Waals surface area contributed by atoms with Crippen LogP contribution < -0.4 is 5.73 Å². The van der Waals surface area contributed by atoms with Gasteiger partial charge in [0.1, 0.15) is 0 Å². The number of hydrogen-bond donors (Lipinski definition) is 1. The molecule has 1 heterocycles. The molecule has 2 N–H and O–H groups in total. The molecule has 0 amide bonds. The Morgan fingerprint density at radius 2 is 2.27 bits per heavy atom. The van der Waals surface area contributed by atoms with Crippen molar-refractivity contribution in [3.8, 4) is 0 Å². The maximum absolute atomic E-state index is 5.99. The Bertz CT molecular complexity index is 117. The molecule has 0 aromatic rings. The first-order chi connectivity index (χ1) is 5.20. The second kappa shape index (κ2) is 4.33. The molecular weight excluding hydrogens is 156 g/mol. The molecular formula is C8H18N2S. The van der Waals surface area contributed by atoms with Gasteiger partial charge in [-0.1, -0.05) is 0 Å². The summed E-state index contributed by atoms with van der Waals surface area (Å²) >= 11 is 2.04. The number of rotatable bonds is 2. The van der Waals surface area contributed by atoms with Crippen molar-refractivity contribution >= 4 is 11.8 Å². The van der Waals surface area contributed by atoms with Crippen molar-refractivity contribution in [3.05, 3.63) is 0 Å². The van der Waals surface area contributed by atoms with Gasteiger partial charge < -0.3 is 10.6 Å². The summed E-state index contributed by atoms with van der Waals surface area (Å²) in [7, 11) is 4.23. The quantitative estimate of drug-likeness (QED) is 0.666. The fraction of sp³-hybridized carbons (Fsp3) is 1.00. The number of hydrogen-bond acceptors (Lipinski definition) is 3. The minimum atomic E-state index is 0.443. The molecule has 1 aliphatic heterocycles. The summed E-state index contributed by atoms with van der Waals surface area (Å²) in [5.41, 5.74) is 5.99. The molecule has 66 valence electrons. The lowest BCUT2D eigenvalue weighted by atomic mass is 9.99. The third kappa shape index (κ3) is 3.01. The van der Waals surface area contributed by atoms with E-state index in [1.807, 2.05) is 11.8 Å². The third-order valence-electron chi connectivity index (χ3n) is 2.13. The van der Waals surface area contributed by atoms with Gasteiger partial charge in [0.25, 0.3) is 0 Å². The van der Waals surface area contributed by atoms with E-state index in [2.05, 4.69) is 19.0 Å². The van der Waals surface area contributed by atoms with Crippen LogP contribution in [0.4, 0.5) is 0 Å². The lowest BCUT2D eigenvalue weighted by Gasteiger charge is -2.30. The zero-order chi connectivity index (χ0) is 8.27. The number of thioether (sulfide) groups is 1. The minimum absolute atomic E-state index is 0.443. The molecule has 1 fully saturated rings. The molecule has 2 atom stereocenters. The predicted octanol–water partition coefficient (Wildman–Crippen LogP) is 0.628. The summed E-state index contributed by atoms with van der Waals surface area (Å²) in [5, 5.41) is 0. The van der Waals surface area contributed by atoms with Crippen molar-refractivity contribution in [2.45, 2.75) is 12.5 Å². The van der Waals surface area contributed by atoms with Gasteiger partial charge in [0.2, 0.25) is 0 Å². The van der Waals surface area contributed by atoms with Crippen LogP contribution in [0.5, 0.6) is 0 Å². The molecule has 3 heteroatoms. The summed E-state index contributed by atoms with van der Waals surface area (Å²) in [4.78, 5) is 2.23. The summed E-state index contributed by atoms with van der Waals surface area (Å²) in [6, 6.07) is 0.443. The Labute approximate surface area is 73.5 Å². The van der Waals surface area contributed by atoms with Gasteiger partial charge in [0, 0.05) is 12.6 Å². The largest absolute Gasteiger partial charge is 0.327 e. The maximum atomic E-state index is 5.99. The molecule has 1 saturated heterocycles. The molecule has 0 saturated carbocycles. The molecule has 11 heavy (non-hydrogen) atoms. The summed E-state index contributed by atoms with van der Waals surface area (Å²) < 4.78 is 0. The molecule has 0 bridgehead atoms. The summed E-state index contributed by atoms with van der Waals surface area (Å²) in [5.74, 6) is 3.22. The van der Waals surface area contributed by atoms with Crippen LogP contribution in [0.15, 0.2) is 0 Å². The monoisotopic (exact) mass is 174 g/mol. The molecule has 2 nitrogen and oxygen atoms in total. The fourth-order valence-corrected chi connectivity index (χ4v) is 2.73. The summed E-state index contributed by atoms with van der Waals surface area (Å²) in [6.07, 6.45) is 1.20. The maximum Gasteiger partial charge on any atom is 0.00951 e. The van der Waals surface area contributed by atoms with E-state index in [0.29, 0.717) is 12.0 Å². The van der Waals surface area contributed by atoms with E-state index >= 15 is 0 Å². The average molecular weight is 174 g/mol. The Morgan fingerprint density at radius 3 is 2.82 bits per heavy atom. The second-order valence-corrected chi connectivity index (χ2v) is 4.70. The summed E-state index contributed by atoms with van der Waals surface area (Å²) in [6.45, 7) is 1.15. The van der Waals surface area contributed by atoms with Gasteiger partial charge in [-0.25, -0.2) is 0 Å². The van der Waals surface area contributed by atoms with E-state index in [4.69, 9.17) is 5.73 Å². The van der Waals surface area contributed by atoms with Crippen LogP contribution >= 0.6 is 11.8 Å². The molecule has 0 aromatic heterocycles. The molecule has 0 radical (unpaired) electrons. The van der Waals surface area contributed by atoms with Gasteiger partial charge >= 0.3 is 0 Å². The molecule has 1 aliphatic rings. The molecule has 2 unspecified atom stereocenters. The molecule has 0 aromatic carbocycles. The van der Waals surface area contributed by atoms with Crippen molar-refractivity contribution < 1.29 is 0 Å².